The minimum Gasteiger partial charge on any atom is -0.335 e. The van der Waals surface area contributed by atoms with Crippen molar-refractivity contribution in [2.75, 3.05) is 6.54 Å². The third kappa shape index (κ3) is 6.02. The number of likely N-dealkylation sites (tertiary alicyclic amines) is 1. The van der Waals surface area contributed by atoms with E-state index in [9.17, 15) is 13.2 Å². The van der Waals surface area contributed by atoms with Crippen LogP contribution in [0.4, 0.5) is 0 Å². The number of rotatable bonds is 7. The SMILES string of the molecule is Cc1ccc(S(=O)(=O)NCc2cn(C3CCC(C)(C)N(C(=O)Cc4c(C)cc(C)c(Br)c4C)C3)nn2)cc1. The van der Waals surface area contributed by atoms with Gasteiger partial charge in [-0.05, 0) is 88.8 Å². The van der Waals surface area contributed by atoms with Crippen molar-refractivity contribution < 1.29 is 13.2 Å². The van der Waals surface area contributed by atoms with Gasteiger partial charge in [-0.15, -0.1) is 5.10 Å². The van der Waals surface area contributed by atoms with Gasteiger partial charge >= 0.3 is 0 Å². The van der Waals surface area contributed by atoms with Gasteiger partial charge in [-0.1, -0.05) is 44.9 Å². The van der Waals surface area contributed by atoms with Crippen LogP contribution in [0.3, 0.4) is 0 Å². The van der Waals surface area contributed by atoms with E-state index in [1.54, 1.807) is 35.1 Å². The molecule has 1 saturated heterocycles. The molecule has 1 atom stereocenters. The average molecular weight is 603 g/mol. The van der Waals surface area contributed by atoms with Crippen LogP contribution in [-0.2, 0) is 27.8 Å². The summed E-state index contributed by atoms with van der Waals surface area (Å²) < 4.78 is 30.7. The number of carbonyl (C=O) groups excluding carboxylic acids is 1. The van der Waals surface area contributed by atoms with Crippen molar-refractivity contribution >= 4 is 31.9 Å². The molecule has 1 unspecified atom stereocenters. The highest BCUT2D eigenvalue weighted by Gasteiger charge is 2.38. The average Bonchev–Trinajstić information content (AvgIpc) is 3.33. The molecule has 8 nitrogen and oxygen atoms in total. The van der Waals surface area contributed by atoms with Crippen LogP contribution in [0.25, 0.3) is 0 Å². The number of aromatic nitrogens is 3. The Morgan fingerprint density at radius 1 is 1.13 bits per heavy atom. The van der Waals surface area contributed by atoms with Crippen molar-refractivity contribution in [1.82, 2.24) is 24.6 Å². The molecule has 4 rings (SSSR count). The number of hydrogen-bond acceptors (Lipinski definition) is 5. The molecular weight excluding hydrogens is 566 g/mol. The van der Waals surface area contributed by atoms with Crippen molar-refractivity contribution in [2.24, 2.45) is 0 Å². The molecule has 0 saturated carbocycles. The van der Waals surface area contributed by atoms with Gasteiger partial charge in [-0.2, -0.15) is 0 Å². The topological polar surface area (TPSA) is 97.2 Å². The van der Waals surface area contributed by atoms with Crippen molar-refractivity contribution in [3.63, 3.8) is 0 Å². The standard InChI is InChI=1S/C28H36BrN5O3S/c1-18-7-9-24(10-8-18)38(36,37)30-15-22-16-34(32-31-22)23-11-12-28(5,6)33(17-23)26(35)14-25-19(2)13-20(3)27(29)21(25)4/h7-10,13,16,23,30H,11-12,14-15,17H2,1-6H3. The van der Waals surface area contributed by atoms with Gasteiger partial charge in [0.05, 0.1) is 35.8 Å². The van der Waals surface area contributed by atoms with Crippen LogP contribution in [0.5, 0.6) is 0 Å². The van der Waals surface area contributed by atoms with Gasteiger partial charge in [-0.25, -0.2) is 17.8 Å². The number of piperidine rings is 1. The predicted molar refractivity (Wildman–Crippen MR) is 151 cm³/mol. The fourth-order valence-electron chi connectivity index (χ4n) is 5.12. The maximum atomic E-state index is 13.6. The van der Waals surface area contributed by atoms with Crippen LogP contribution < -0.4 is 4.72 Å². The number of carbonyl (C=O) groups is 1. The number of amides is 1. The van der Waals surface area contributed by atoms with E-state index >= 15 is 0 Å². The largest absolute Gasteiger partial charge is 0.335 e. The Labute approximate surface area is 234 Å². The van der Waals surface area contributed by atoms with E-state index in [1.807, 2.05) is 11.8 Å². The summed E-state index contributed by atoms with van der Waals surface area (Å²) in [6.45, 7) is 12.9. The first-order chi connectivity index (χ1) is 17.8. The lowest BCUT2D eigenvalue weighted by atomic mass is 9.87. The van der Waals surface area contributed by atoms with Crippen molar-refractivity contribution in [1.29, 1.82) is 0 Å². The lowest BCUT2D eigenvalue weighted by Gasteiger charge is -2.45. The lowest BCUT2D eigenvalue weighted by Crippen LogP contribution is -2.54. The van der Waals surface area contributed by atoms with E-state index in [4.69, 9.17) is 0 Å². The third-order valence-electron chi connectivity index (χ3n) is 7.59. The molecule has 0 bridgehead atoms. The second kappa shape index (κ2) is 10.9. The highest BCUT2D eigenvalue weighted by atomic mass is 79.9. The summed E-state index contributed by atoms with van der Waals surface area (Å²) in [5.74, 6) is 0.0906. The first-order valence-corrected chi connectivity index (χ1v) is 15.1. The molecule has 204 valence electrons. The monoisotopic (exact) mass is 601 g/mol. The fraction of sp³-hybridized carbons (Fsp3) is 0.464. The van der Waals surface area contributed by atoms with Crippen LogP contribution in [-0.4, -0.2) is 46.3 Å². The molecule has 2 aromatic carbocycles. The Balaban J connectivity index is 1.45. The van der Waals surface area contributed by atoms with Crippen LogP contribution in [0.15, 0.2) is 45.9 Å². The summed E-state index contributed by atoms with van der Waals surface area (Å²) in [6.07, 6.45) is 3.79. The second-order valence-electron chi connectivity index (χ2n) is 10.9. The molecule has 0 radical (unpaired) electrons. The Kier molecular flexibility index (Phi) is 8.16. The van der Waals surface area contributed by atoms with Crippen LogP contribution in [0.2, 0.25) is 0 Å². The van der Waals surface area contributed by atoms with Crippen LogP contribution >= 0.6 is 15.9 Å². The van der Waals surface area contributed by atoms with Gasteiger partial charge < -0.3 is 4.90 Å². The van der Waals surface area contributed by atoms with Gasteiger partial charge in [0.1, 0.15) is 0 Å². The molecule has 38 heavy (non-hydrogen) atoms. The number of hydrogen-bond donors (Lipinski definition) is 1. The highest BCUT2D eigenvalue weighted by molar-refractivity contribution is 9.10. The molecule has 1 aliphatic rings. The van der Waals surface area contributed by atoms with Gasteiger partial charge in [0, 0.05) is 16.6 Å². The van der Waals surface area contributed by atoms with Crippen molar-refractivity contribution in [2.45, 2.75) is 83.8 Å². The molecule has 0 spiro atoms. The fourth-order valence-corrected chi connectivity index (χ4v) is 6.47. The minimum atomic E-state index is -3.65. The van der Waals surface area contributed by atoms with E-state index in [1.165, 1.54) is 0 Å². The normalized spacial score (nSPS) is 17.6. The molecule has 3 aromatic rings. The number of nitrogens with one attached hydrogen (secondary N) is 1. The molecule has 1 aromatic heterocycles. The Morgan fingerprint density at radius 2 is 1.82 bits per heavy atom. The van der Waals surface area contributed by atoms with E-state index < -0.39 is 10.0 Å². The Morgan fingerprint density at radius 3 is 2.50 bits per heavy atom. The van der Waals surface area contributed by atoms with Crippen molar-refractivity contribution in [3.05, 3.63) is 74.5 Å². The number of nitrogens with zero attached hydrogens (tertiary/aromatic N) is 4. The number of aryl methyl sites for hydroxylation is 3. The van der Waals surface area contributed by atoms with Crippen molar-refractivity contribution in [3.8, 4) is 0 Å². The minimum absolute atomic E-state index is 0.0334. The second-order valence-corrected chi connectivity index (χ2v) is 13.5. The summed E-state index contributed by atoms with van der Waals surface area (Å²) in [4.78, 5) is 15.8. The molecular formula is C28H36BrN5O3S. The van der Waals surface area contributed by atoms with E-state index in [0.29, 0.717) is 18.7 Å². The van der Waals surface area contributed by atoms with Gasteiger partial charge in [0.2, 0.25) is 15.9 Å². The Hall–Kier alpha value is -2.56. The van der Waals surface area contributed by atoms with Gasteiger partial charge in [0.15, 0.2) is 0 Å². The molecule has 1 aliphatic heterocycles. The number of benzene rings is 2. The molecule has 1 fully saturated rings. The lowest BCUT2D eigenvalue weighted by molar-refractivity contribution is -0.139. The summed E-state index contributed by atoms with van der Waals surface area (Å²) in [6, 6.07) is 8.79. The first-order valence-electron chi connectivity index (χ1n) is 12.8. The zero-order valence-electron chi connectivity index (χ0n) is 22.9. The summed E-state index contributed by atoms with van der Waals surface area (Å²) in [5.41, 5.74) is 5.70. The van der Waals surface area contributed by atoms with Crippen LogP contribution in [0, 0.1) is 27.7 Å². The smallest absolute Gasteiger partial charge is 0.240 e. The Bertz CT molecular complexity index is 1450. The summed E-state index contributed by atoms with van der Waals surface area (Å²) >= 11 is 3.67. The maximum Gasteiger partial charge on any atom is 0.240 e. The molecule has 0 aliphatic carbocycles. The van der Waals surface area contributed by atoms with E-state index in [-0.39, 0.29) is 28.9 Å². The van der Waals surface area contributed by atoms with Gasteiger partial charge in [0.25, 0.3) is 0 Å². The third-order valence-corrected chi connectivity index (χ3v) is 10.2. The van der Waals surface area contributed by atoms with E-state index in [2.05, 4.69) is 71.6 Å². The zero-order chi connectivity index (χ0) is 27.8. The zero-order valence-corrected chi connectivity index (χ0v) is 25.3. The number of sulfonamides is 1. The maximum absolute atomic E-state index is 13.6. The van der Waals surface area contributed by atoms with Gasteiger partial charge in [-0.3, -0.25) is 4.79 Å². The molecule has 1 N–H and O–H groups in total. The predicted octanol–water partition coefficient (Wildman–Crippen LogP) is 4.94. The molecule has 10 heteroatoms. The summed E-state index contributed by atoms with van der Waals surface area (Å²) in [7, 11) is -3.65. The van der Waals surface area contributed by atoms with Crippen LogP contribution in [0.1, 0.15) is 66.2 Å². The number of halogens is 1. The summed E-state index contributed by atoms with van der Waals surface area (Å²) in [5, 5.41) is 8.48. The molecule has 2 heterocycles. The van der Waals surface area contributed by atoms with E-state index in [0.717, 1.165) is 45.1 Å². The quantitative estimate of drug-likeness (QED) is 0.414. The first kappa shape index (κ1) is 28.4. The molecule has 1 amide bonds. The highest BCUT2D eigenvalue weighted by Crippen LogP contribution is 2.34.